The van der Waals surface area contributed by atoms with Gasteiger partial charge in [-0.15, -0.1) is 24.0 Å². The molecule has 0 aliphatic carbocycles. The molecule has 0 fully saturated rings. The van der Waals surface area contributed by atoms with Crippen LogP contribution in [0.1, 0.15) is 24.5 Å². The van der Waals surface area contributed by atoms with Gasteiger partial charge in [-0.05, 0) is 43.5 Å². The summed E-state index contributed by atoms with van der Waals surface area (Å²) in [6.45, 7) is 7.02. The molecule has 0 amide bonds. The largest absolute Gasteiger partial charge is 0.370 e. The monoisotopic (exact) mass is 333 g/mol. The summed E-state index contributed by atoms with van der Waals surface area (Å²) in [7, 11) is 0. The summed E-state index contributed by atoms with van der Waals surface area (Å²) in [5, 5.41) is 3.07. The molecule has 90 valence electrons. The van der Waals surface area contributed by atoms with E-state index in [0.29, 0.717) is 5.96 Å². The number of rotatable bonds is 3. The van der Waals surface area contributed by atoms with E-state index in [4.69, 9.17) is 5.73 Å². The summed E-state index contributed by atoms with van der Waals surface area (Å²) in [6.07, 6.45) is 1.01. The maximum absolute atomic E-state index is 5.72. The van der Waals surface area contributed by atoms with Gasteiger partial charge >= 0.3 is 0 Å². The normalized spacial score (nSPS) is 10.8. The van der Waals surface area contributed by atoms with Crippen LogP contribution in [0.25, 0.3) is 0 Å². The Morgan fingerprint density at radius 1 is 1.31 bits per heavy atom. The molecule has 0 saturated carbocycles. The maximum Gasteiger partial charge on any atom is 0.193 e. The molecular formula is C12H20IN3. The summed E-state index contributed by atoms with van der Waals surface area (Å²) in [5.41, 5.74) is 9.25. The van der Waals surface area contributed by atoms with Gasteiger partial charge in [-0.1, -0.05) is 13.0 Å². The zero-order chi connectivity index (χ0) is 11.3. The van der Waals surface area contributed by atoms with Crippen molar-refractivity contribution in [3.8, 4) is 0 Å². The van der Waals surface area contributed by atoms with Crippen LogP contribution in [-0.2, 0) is 0 Å². The van der Waals surface area contributed by atoms with E-state index in [2.05, 4.69) is 43.2 Å². The highest BCUT2D eigenvalue weighted by Gasteiger charge is 1.97. The fraction of sp³-hybridized carbons (Fsp3) is 0.417. The van der Waals surface area contributed by atoms with Crippen molar-refractivity contribution in [2.75, 3.05) is 11.9 Å². The number of anilines is 1. The highest BCUT2D eigenvalue weighted by molar-refractivity contribution is 14.0. The van der Waals surface area contributed by atoms with E-state index in [-0.39, 0.29) is 24.0 Å². The molecule has 1 rings (SSSR count). The fourth-order valence-corrected chi connectivity index (χ4v) is 1.24. The Morgan fingerprint density at radius 3 is 2.56 bits per heavy atom. The molecule has 0 aliphatic heterocycles. The maximum atomic E-state index is 5.72. The van der Waals surface area contributed by atoms with Crippen LogP contribution in [-0.4, -0.2) is 12.5 Å². The molecule has 0 atom stereocenters. The van der Waals surface area contributed by atoms with Crippen LogP contribution < -0.4 is 11.1 Å². The SMILES string of the molecule is CCCN=C(N)Nc1ccc(C)c(C)c1.I. The van der Waals surface area contributed by atoms with E-state index in [1.807, 2.05) is 6.07 Å². The number of aryl methyl sites for hydroxylation is 2. The van der Waals surface area contributed by atoms with Gasteiger partial charge in [-0.25, -0.2) is 0 Å². The van der Waals surface area contributed by atoms with Crippen molar-refractivity contribution in [3.63, 3.8) is 0 Å². The van der Waals surface area contributed by atoms with Crippen LogP contribution in [0.4, 0.5) is 5.69 Å². The van der Waals surface area contributed by atoms with Crippen LogP contribution in [0.3, 0.4) is 0 Å². The van der Waals surface area contributed by atoms with Crippen molar-refractivity contribution >= 4 is 35.6 Å². The second-order valence-electron chi connectivity index (χ2n) is 3.69. The van der Waals surface area contributed by atoms with Gasteiger partial charge in [0.25, 0.3) is 0 Å². The quantitative estimate of drug-likeness (QED) is 0.507. The lowest BCUT2D eigenvalue weighted by Crippen LogP contribution is -2.22. The molecule has 0 spiro atoms. The summed E-state index contributed by atoms with van der Waals surface area (Å²) in [5.74, 6) is 0.486. The molecule has 0 heterocycles. The zero-order valence-electron chi connectivity index (χ0n) is 10.1. The predicted octanol–water partition coefficient (Wildman–Crippen LogP) is 3.06. The van der Waals surface area contributed by atoms with Crippen molar-refractivity contribution < 1.29 is 0 Å². The molecule has 0 radical (unpaired) electrons. The molecule has 0 aromatic heterocycles. The number of nitrogens with one attached hydrogen (secondary N) is 1. The lowest BCUT2D eigenvalue weighted by atomic mass is 10.1. The van der Waals surface area contributed by atoms with Crippen LogP contribution in [0, 0.1) is 13.8 Å². The van der Waals surface area contributed by atoms with E-state index >= 15 is 0 Å². The van der Waals surface area contributed by atoms with Crippen LogP contribution in [0.2, 0.25) is 0 Å². The molecule has 1 aromatic rings. The average Bonchev–Trinajstić information content (AvgIpc) is 2.20. The Balaban J connectivity index is 0.00000225. The highest BCUT2D eigenvalue weighted by atomic mass is 127. The second kappa shape index (κ2) is 7.49. The third kappa shape index (κ3) is 4.83. The molecule has 16 heavy (non-hydrogen) atoms. The number of halogens is 1. The lowest BCUT2D eigenvalue weighted by Gasteiger charge is -2.07. The molecule has 0 bridgehead atoms. The minimum absolute atomic E-state index is 0. The van der Waals surface area contributed by atoms with Crippen molar-refractivity contribution in [1.82, 2.24) is 0 Å². The Morgan fingerprint density at radius 2 is 2.00 bits per heavy atom. The van der Waals surface area contributed by atoms with E-state index in [1.54, 1.807) is 0 Å². The highest BCUT2D eigenvalue weighted by Crippen LogP contribution is 2.13. The van der Waals surface area contributed by atoms with Gasteiger partial charge in [0.2, 0.25) is 0 Å². The van der Waals surface area contributed by atoms with Crippen molar-refractivity contribution in [3.05, 3.63) is 29.3 Å². The van der Waals surface area contributed by atoms with E-state index < -0.39 is 0 Å². The molecule has 3 nitrogen and oxygen atoms in total. The Bertz CT molecular complexity index is 361. The number of guanidine groups is 1. The molecule has 0 saturated heterocycles. The molecule has 0 aliphatic rings. The third-order valence-corrected chi connectivity index (χ3v) is 2.29. The molecular weight excluding hydrogens is 313 g/mol. The first kappa shape index (κ1) is 15.2. The summed E-state index contributed by atoms with van der Waals surface area (Å²) < 4.78 is 0. The Kier molecular flexibility index (Phi) is 7.12. The topological polar surface area (TPSA) is 50.4 Å². The van der Waals surface area contributed by atoms with Gasteiger partial charge in [-0.3, -0.25) is 4.99 Å². The van der Waals surface area contributed by atoms with Gasteiger partial charge in [0.15, 0.2) is 5.96 Å². The first-order chi connectivity index (χ1) is 7.13. The van der Waals surface area contributed by atoms with E-state index in [0.717, 1.165) is 18.7 Å². The van der Waals surface area contributed by atoms with Gasteiger partial charge in [0.1, 0.15) is 0 Å². The van der Waals surface area contributed by atoms with Crippen LogP contribution >= 0.6 is 24.0 Å². The number of nitrogens with two attached hydrogens (primary N) is 1. The summed E-state index contributed by atoms with van der Waals surface area (Å²) in [6, 6.07) is 6.16. The summed E-state index contributed by atoms with van der Waals surface area (Å²) >= 11 is 0. The fourth-order valence-electron chi connectivity index (χ4n) is 1.24. The summed E-state index contributed by atoms with van der Waals surface area (Å²) in [4.78, 5) is 4.17. The van der Waals surface area contributed by atoms with Crippen molar-refractivity contribution in [2.45, 2.75) is 27.2 Å². The van der Waals surface area contributed by atoms with Gasteiger partial charge in [0.05, 0.1) is 0 Å². The van der Waals surface area contributed by atoms with Crippen LogP contribution in [0.15, 0.2) is 23.2 Å². The average molecular weight is 333 g/mol. The van der Waals surface area contributed by atoms with Gasteiger partial charge < -0.3 is 11.1 Å². The van der Waals surface area contributed by atoms with E-state index in [1.165, 1.54) is 11.1 Å². The minimum Gasteiger partial charge on any atom is -0.370 e. The first-order valence-electron chi connectivity index (χ1n) is 5.27. The second-order valence-corrected chi connectivity index (χ2v) is 3.69. The first-order valence-corrected chi connectivity index (χ1v) is 5.27. The number of nitrogens with zero attached hydrogens (tertiary/aromatic N) is 1. The molecule has 1 aromatic carbocycles. The Hall–Kier alpha value is -0.780. The van der Waals surface area contributed by atoms with Crippen LogP contribution in [0.5, 0.6) is 0 Å². The predicted molar refractivity (Wildman–Crippen MR) is 81.7 cm³/mol. The van der Waals surface area contributed by atoms with Crippen molar-refractivity contribution in [2.24, 2.45) is 10.7 Å². The van der Waals surface area contributed by atoms with Gasteiger partial charge in [-0.2, -0.15) is 0 Å². The number of aliphatic imine (C=N–C) groups is 1. The third-order valence-electron chi connectivity index (χ3n) is 2.29. The van der Waals surface area contributed by atoms with Crippen molar-refractivity contribution in [1.29, 1.82) is 0 Å². The lowest BCUT2D eigenvalue weighted by molar-refractivity contribution is 0.929. The molecule has 3 N–H and O–H groups in total. The molecule has 0 unspecified atom stereocenters. The minimum atomic E-state index is 0. The number of hydrogen-bond acceptors (Lipinski definition) is 1. The van der Waals surface area contributed by atoms with Gasteiger partial charge in [0, 0.05) is 12.2 Å². The number of benzene rings is 1. The Labute approximate surface area is 115 Å². The zero-order valence-corrected chi connectivity index (χ0v) is 12.4. The van der Waals surface area contributed by atoms with E-state index in [9.17, 15) is 0 Å². The molecule has 4 heteroatoms. The smallest absolute Gasteiger partial charge is 0.193 e. The standard InChI is InChI=1S/C12H19N3.HI/c1-4-7-14-12(13)15-11-6-5-9(2)10(3)8-11;/h5-6,8H,4,7H2,1-3H3,(H3,13,14,15);1H. The number of hydrogen-bond donors (Lipinski definition) is 2.